The lowest BCUT2D eigenvalue weighted by Gasteiger charge is -2.30. The van der Waals surface area contributed by atoms with Crippen molar-refractivity contribution >= 4 is 36.2 Å². The van der Waals surface area contributed by atoms with Gasteiger partial charge in [-0.15, -0.1) is 12.4 Å². The fourth-order valence-electron chi connectivity index (χ4n) is 3.43. The summed E-state index contributed by atoms with van der Waals surface area (Å²) >= 11 is 0. The molecule has 0 amide bonds. The number of carbonyl (C=O) groups is 1. The minimum atomic E-state index is -0.703. The number of carboxylic acid groups (broad SMARTS) is 1. The van der Waals surface area contributed by atoms with Crippen LogP contribution in [0.1, 0.15) is 24.0 Å². The van der Waals surface area contributed by atoms with Crippen LogP contribution in [0.4, 0.5) is 0 Å². The fraction of sp³-hybridized carbons (Fsp3) is 0.294. The molecule has 1 saturated heterocycles. The molecule has 114 valence electrons. The monoisotopic (exact) mass is 316 g/mol. The van der Waals surface area contributed by atoms with Crippen LogP contribution in [0.3, 0.4) is 0 Å². The molecule has 1 aliphatic carbocycles. The molecule has 1 aromatic carbocycles. The molecule has 0 spiro atoms. The number of nitrogens with zero attached hydrogens (tertiary/aromatic N) is 1. The molecule has 2 heterocycles. The number of piperidine rings is 1. The molecule has 1 aromatic rings. The molecular formula is C17H17ClN2O2. The first-order chi connectivity index (χ1) is 10.2. The number of nitrogens with one attached hydrogen (secondary N) is 1. The lowest BCUT2D eigenvalue weighted by molar-refractivity contribution is -0.142. The van der Waals surface area contributed by atoms with Crippen LogP contribution in [0, 0.1) is 11.8 Å². The van der Waals surface area contributed by atoms with Crippen molar-refractivity contribution in [3.63, 3.8) is 0 Å². The van der Waals surface area contributed by atoms with Gasteiger partial charge in [0.1, 0.15) is 0 Å². The van der Waals surface area contributed by atoms with Gasteiger partial charge in [-0.3, -0.25) is 9.79 Å². The molecule has 4 nitrogen and oxygen atoms in total. The van der Waals surface area contributed by atoms with Crippen LogP contribution in [-0.4, -0.2) is 17.6 Å². The van der Waals surface area contributed by atoms with E-state index >= 15 is 0 Å². The fourth-order valence-corrected chi connectivity index (χ4v) is 3.43. The van der Waals surface area contributed by atoms with Crippen LogP contribution in [-0.2, 0) is 4.79 Å². The first-order valence-electron chi connectivity index (χ1n) is 7.28. The van der Waals surface area contributed by atoms with Crippen molar-refractivity contribution in [3.8, 4) is 0 Å². The van der Waals surface area contributed by atoms with Crippen LogP contribution >= 0.6 is 12.4 Å². The number of benzene rings is 1. The van der Waals surface area contributed by atoms with Gasteiger partial charge in [0.25, 0.3) is 0 Å². The van der Waals surface area contributed by atoms with Crippen molar-refractivity contribution in [2.24, 2.45) is 16.8 Å². The molecule has 5 heteroatoms. The Morgan fingerprint density at radius 2 is 2.14 bits per heavy atom. The molecule has 2 aliphatic heterocycles. The van der Waals surface area contributed by atoms with Crippen LogP contribution in [0.15, 0.2) is 29.4 Å². The molecule has 0 bridgehead atoms. The summed E-state index contributed by atoms with van der Waals surface area (Å²) in [4.78, 5) is 15.6. The van der Waals surface area contributed by atoms with E-state index < -0.39 is 5.97 Å². The quantitative estimate of drug-likeness (QED) is 0.826. The van der Waals surface area contributed by atoms with Gasteiger partial charge < -0.3 is 10.4 Å². The van der Waals surface area contributed by atoms with Gasteiger partial charge in [0.05, 0.1) is 11.3 Å². The average Bonchev–Trinajstić information content (AvgIpc) is 2.85. The first-order valence-corrected chi connectivity index (χ1v) is 7.28. The Bertz CT molecular complexity index is 811. The predicted octanol–water partition coefficient (Wildman–Crippen LogP) is 1.55. The molecule has 2 atom stereocenters. The van der Waals surface area contributed by atoms with E-state index in [1.54, 1.807) is 0 Å². The third-order valence-electron chi connectivity index (χ3n) is 4.54. The number of hydrogen-bond acceptors (Lipinski definition) is 3. The Morgan fingerprint density at radius 1 is 1.27 bits per heavy atom. The second-order valence-electron chi connectivity index (χ2n) is 5.84. The Hall–Kier alpha value is -2.07. The van der Waals surface area contributed by atoms with Crippen molar-refractivity contribution in [3.05, 3.63) is 46.1 Å². The molecule has 0 saturated carbocycles. The number of fused-ring (bicyclic) bond motifs is 3. The Kier molecular flexibility index (Phi) is 3.79. The van der Waals surface area contributed by atoms with Gasteiger partial charge in [-0.05, 0) is 36.6 Å². The highest BCUT2D eigenvalue weighted by atomic mass is 35.5. The Morgan fingerprint density at radius 3 is 2.95 bits per heavy atom. The van der Waals surface area contributed by atoms with Crippen LogP contribution in [0.5, 0.6) is 0 Å². The van der Waals surface area contributed by atoms with E-state index in [4.69, 9.17) is 0 Å². The highest BCUT2D eigenvalue weighted by Crippen LogP contribution is 2.29. The van der Waals surface area contributed by atoms with Crippen LogP contribution < -0.4 is 15.9 Å². The Balaban J connectivity index is 0.00000144. The van der Waals surface area contributed by atoms with Gasteiger partial charge >= 0.3 is 5.97 Å². The smallest absolute Gasteiger partial charge is 0.308 e. The highest BCUT2D eigenvalue weighted by Gasteiger charge is 2.30. The summed E-state index contributed by atoms with van der Waals surface area (Å²) in [5, 5.41) is 14.8. The zero-order valence-corrected chi connectivity index (χ0v) is 12.8. The normalized spacial score (nSPS) is 24.1. The number of allylic oxidation sites excluding steroid dienone is 1. The van der Waals surface area contributed by atoms with E-state index in [1.165, 1.54) is 16.5 Å². The van der Waals surface area contributed by atoms with Gasteiger partial charge in [-0.2, -0.15) is 0 Å². The summed E-state index contributed by atoms with van der Waals surface area (Å²) in [5.41, 5.74) is 3.49. The van der Waals surface area contributed by atoms with Crippen molar-refractivity contribution < 1.29 is 9.90 Å². The molecule has 2 N–H and O–H groups in total. The minimum Gasteiger partial charge on any atom is -0.481 e. The van der Waals surface area contributed by atoms with E-state index in [-0.39, 0.29) is 24.2 Å². The average molecular weight is 317 g/mol. The third kappa shape index (κ3) is 2.33. The molecule has 4 rings (SSSR count). The van der Waals surface area contributed by atoms with Gasteiger partial charge in [0.2, 0.25) is 0 Å². The second-order valence-corrected chi connectivity index (χ2v) is 5.84. The van der Waals surface area contributed by atoms with Crippen LogP contribution in [0.2, 0.25) is 0 Å². The van der Waals surface area contributed by atoms with Crippen molar-refractivity contribution in [1.82, 2.24) is 5.32 Å². The van der Waals surface area contributed by atoms with E-state index in [0.29, 0.717) is 13.0 Å². The molecule has 22 heavy (non-hydrogen) atoms. The minimum absolute atomic E-state index is 0. The number of aliphatic carboxylic acids is 1. The largest absolute Gasteiger partial charge is 0.481 e. The third-order valence-corrected chi connectivity index (χ3v) is 4.54. The number of hydrogen-bond donors (Lipinski definition) is 2. The molecule has 1 fully saturated rings. The summed E-state index contributed by atoms with van der Waals surface area (Å²) < 4.78 is 0. The summed E-state index contributed by atoms with van der Waals surface area (Å²) in [7, 11) is 0. The number of carboxylic acids is 1. The van der Waals surface area contributed by atoms with E-state index in [1.807, 2.05) is 12.3 Å². The van der Waals surface area contributed by atoms with Gasteiger partial charge in [0.15, 0.2) is 0 Å². The maximum Gasteiger partial charge on any atom is 0.308 e. The molecule has 3 aliphatic rings. The van der Waals surface area contributed by atoms with E-state index in [9.17, 15) is 9.90 Å². The lowest BCUT2D eigenvalue weighted by Crippen LogP contribution is -2.40. The lowest BCUT2D eigenvalue weighted by atomic mass is 9.85. The van der Waals surface area contributed by atoms with Crippen molar-refractivity contribution in [2.75, 3.05) is 6.54 Å². The van der Waals surface area contributed by atoms with Gasteiger partial charge in [-0.1, -0.05) is 12.2 Å². The van der Waals surface area contributed by atoms with E-state index in [0.717, 1.165) is 17.3 Å². The molecule has 2 unspecified atom stereocenters. The zero-order chi connectivity index (χ0) is 14.4. The highest BCUT2D eigenvalue weighted by molar-refractivity contribution is 5.85. The van der Waals surface area contributed by atoms with Crippen molar-refractivity contribution in [2.45, 2.75) is 12.8 Å². The number of halogens is 1. The van der Waals surface area contributed by atoms with Crippen LogP contribution in [0.25, 0.3) is 17.8 Å². The maximum atomic E-state index is 11.2. The van der Waals surface area contributed by atoms with Crippen molar-refractivity contribution in [1.29, 1.82) is 0 Å². The predicted molar refractivity (Wildman–Crippen MR) is 87.8 cm³/mol. The summed E-state index contributed by atoms with van der Waals surface area (Å²) in [6.45, 7) is 0.512. The van der Waals surface area contributed by atoms with Gasteiger partial charge in [0, 0.05) is 35.1 Å². The molecular weight excluding hydrogens is 300 g/mol. The first kappa shape index (κ1) is 14.9. The second kappa shape index (κ2) is 5.61. The SMILES string of the molecule is Cl.O=C(O)C1CNC2=c3cc4c(cc3C=CCC2C1)=NC=C4. The zero-order valence-electron chi connectivity index (χ0n) is 12.0. The number of rotatable bonds is 1. The standard InChI is InChI=1S/C17H16N2O2.ClH/c20-17(21)13-6-12-3-1-2-10-8-15-11(4-5-18-15)7-14(10)16(12)19-9-13;/h1-2,4-5,7-8,12-13,19H,3,6,9H2,(H,20,21);1H. The summed E-state index contributed by atoms with van der Waals surface area (Å²) in [6.07, 6.45) is 9.72. The molecule has 0 radical (unpaired) electrons. The summed E-state index contributed by atoms with van der Waals surface area (Å²) in [5.74, 6) is -0.735. The van der Waals surface area contributed by atoms with E-state index in [2.05, 4.69) is 34.6 Å². The Labute approximate surface area is 134 Å². The summed E-state index contributed by atoms with van der Waals surface area (Å²) in [6, 6.07) is 4.28. The maximum absolute atomic E-state index is 11.2. The molecule has 0 aromatic heterocycles. The topological polar surface area (TPSA) is 61.7 Å². The van der Waals surface area contributed by atoms with Gasteiger partial charge in [-0.25, -0.2) is 0 Å².